The van der Waals surface area contributed by atoms with E-state index in [1.807, 2.05) is 24.3 Å². The Morgan fingerprint density at radius 2 is 2.15 bits per heavy atom. The van der Waals surface area contributed by atoms with E-state index in [0.29, 0.717) is 38.4 Å². The molecule has 148 valence electrons. The van der Waals surface area contributed by atoms with E-state index < -0.39 is 12.7 Å². The fourth-order valence-corrected chi connectivity index (χ4v) is 3.64. The molecule has 0 aromatic heterocycles. The van der Waals surface area contributed by atoms with Gasteiger partial charge in [0.05, 0.1) is 6.54 Å². The van der Waals surface area contributed by atoms with Crippen molar-refractivity contribution in [3.63, 3.8) is 0 Å². The van der Waals surface area contributed by atoms with E-state index in [1.54, 1.807) is 7.05 Å². The summed E-state index contributed by atoms with van der Waals surface area (Å²) in [5.41, 5.74) is 1.89. The van der Waals surface area contributed by atoms with Crippen molar-refractivity contribution in [3.05, 3.63) is 29.8 Å². The third-order valence-corrected chi connectivity index (χ3v) is 4.86. The number of fused-ring (bicyclic) bond motifs is 1. The Kier molecular flexibility index (Phi) is 5.88. The molecule has 2 atom stereocenters. The molecular formula is C18H24F3N5O. The monoisotopic (exact) mass is 383 g/mol. The van der Waals surface area contributed by atoms with Crippen molar-refractivity contribution in [2.45, 2.75) is 31.0 Å². The normalized spacial score (nSPS) is 23.7. The average molecular weight is 383 g/mol. The lowest BCUT2D eigenvalue weighted by Gasteiger charge is -2.27. The highest BCUT2D eigenvalue weighted by molar-refractivity contribution is 5.94. The number of amides is 1. The number of para-hydroxylation sites is 1. The molecule has 1 aromatic carbocycles. The van der Waals surface area contributed by atoms with Crippen molar-refractivity contribution in [1.82, 2.24) is 15.5 Å². The van der Waals surface area contributed by atoms with Crippen molar-refractivity contribution in [1.29, 1.82) is 0 Å². The summed E-state index contributed by atoms with van der Waals surface area (Å²) in [4.78, 5) is 17.5. The molecule has 1 saturated heterocycles. The largest absolute Gasteiger partial charge is 0.401 e. The van der Waals surface area contributed by atoms with Gasteiger partial charge in [-0.3, -0.25) is 14.7 Å². The topological polar surface area (TPSA) is 68.8 Å². The number of anilines is 1. The number of hydrogen-bond acceptors (Lipinski definition) is 3. The zero-order valence-electron chi connectivity index (χ0n) is 15.1. The molecule has 2 unspecified atom stereocenters. The van der Waals surface area contributed by atoms with E-state index in [9.17, 15) is 18.0 Å². The van der Waals surface area contributed by atoms with Gasteiger partial charge >= 0.3 is 6.18 Å². The van der Waals surface area contributed by atoms with Crippen LogP contribution in [0.1, 0.15) is 24.3 Å². The predicted molar refractivity (Wildman–Crippen MR) is 97.8 cm³/mol. The molecule has 27 heavy (non-hydrogen) atoms. The molecule has 0 spiro atoms. The zero-order valence-corrected chi connectivity index (χ0v) is 15.1. The smallest absolute Gasteiger partial charge is 0.356 e. The SMILES string of the molecule is CN=C(NCC1CC(=O)Nc2ccccc21)NC1CCN(CC(F)(F)F)C1. The molecule has 3 N–H and O–H groups in total. The fraction of sp³-hybridized carbons (Fsp3) is 0.556. The lowest BCUT2D eigenvalue weighted by Crippen LogP contribution is -2.46. The van der Waals surface area contributed by atoms with Crippen LogP contribution in [-0.4, -0.2) is 62.2 Å². The van der Waals surface area contributed by atoms with Crippen molar-refractivity contribution in [3.8, 4) is 0 Å². The van der Waals surface area contributed by atoms with Gasteiger partial charge in [0.2, 0.25) is 5.91 Å². The molecule has 0 radical (unpaired) electrons. The van der Waals surface area contributed by atoms with Crippen LogP contribution in [0.3, 0.4) is 0 Å². The number of nitrogens with zero attached hydrogens (tertiary/aromatic N) is 2. The predicted octanol–water partition coefficient (Wildman–Crippen LogP) is 1.91. The van der Waals surface area contributed by atoms with Gasteiger partial charge in [-0.05, 0) is 18.1 Å². The highest BCUT2D eigenvalue weighted by Gasteiger charge is 2.34. The highest BCUT2D eigenvalue weighted by atomic mass is 19.4. The summed E-state index contributed by atoms with van der Waals surface area (Å²) < 4.78 is 37.5. The van der Waals surface area contributed by atoms with Gasteiger partial charge in [-0.1, -0.05) is 18.2 Å². The summed E-state index contributed by atoms with van der Waals surface area (Å²) in [7, 11) is 1.62. The molecule has 0 aliphatic carbocycles. The first-order valence-corrected chi connectivity index (χ1v) is 8.99. The van der Waals surface area contributed by atoms with Crippen molar-refractivity contribution < 1.29 is 18.0 Å². The van der Waals surface area contributed by atoms with Gasteiger partial charge in [0.15, 0.2) is 5.96 Å². The van der Waals surface area contributed by atoms with Crippen LogP contribution in [0.15, 0.2) is 29.3 Å². The summed E-state index contributed by atoms with van der Waals surface area (Å²) in [5, 5.41) is 9.26. The Labute approximate surface area is 156 Å². The van der Waals surface area contributed by atoms with Gasteiger partial charge in [-0.15, -0.1) is 0 Å². The number of carbonyl (C=O) groups is 1. The molecule has 0 saturated carbocycles. The lowest BCUT2D eigenvalue weighted by atomic mass is 9.90. The van der Waals surface area contributed by atoms with Crippen LogP contribution in [0.2, 0.25) is 0 Å². The number of rotatable bonds is 4. The van der Waals surface area contributed by atoms with E-state index in [-0.39, 0.29) is 17.9 Å². The summed E-state index contributed by atoms with van der Waals surface area (Å²) in [6, 6.07) is 7.59. The average Bonchev–Trinajstić information content (AvgIpc) is 3.03. The van der Waals surface area contributed by atoms with Crippen molar-refractivity contribution in [2.75, 3.05) is 38.5 Å². The van der Waals surface area contributed by atoms with Crippen LogP contribution >= 0.6 is 0 Å². The number of halogens is 3. The van der Waals surface area contributed by atoms with E-state index in [4.69, 9.17) is 0 Å². The van der Waals surface area contributed by atoms with Gasteiger partial charge in [-0.25, -0.2) is 0 Å². The Hall–Kier alpha value is -2.29. The van der Waals surface area contributed by atoms with Crippen LogP contribution in [-0.2, 0) is 4.79 Å². The Morgan fingerprint density at radius 3 is 2.89 bits per heavy atom. The van der Waals surface area contributed by atoms with Gasteiger partial charge < -0.3 is 16.0 Å². The zero-order chi connectivity index (χ0) is 19.4. The summed E-state index contributed by atoms with van der Waals surface area (Å²) in [6.45, 7) is 0.369. The second-order valence-electron chi connectivity index (χ2n) is 6.97. The first-order valence-electron chi connectivity index (χ1n) is 8.99. The minimum atomic E-state index is -4.18. The molecule has 6 nitrogen and oxygen atoms in total. The number of nitrogens with one attached hydrogen (secondary N) is 3. The van der Waals surface area contributed by atoms with Gasteiger partial charge in [-0.2, -0.15) is 13.2 Å². The summed E-state index contributed by atoms with van der Waals surface area (Å²) >= 11 is 0. The van der Waals surface area contributed by atoms with E-state index in [1.165, 1.54) is 4.90 Å². The second-order valence-corrected chi connectivity index (χ2v) is 6.97. The number of guanidine groups is 1. The van der Waals surface area contributed by atoms with Crippen molar-refractivity contribution >= 4 is 17.6 Å². The van der Waals surface area contributed by atoms with Gasteiger partial charge in [0, 0.05) is 50.7 Å². The quantitative estimate of drug-likeness (QED) is 0.549. The minimum absolute atomic E-state index is 0.0128. The number of hydrogen-bond donors (Lipinski definition) is 3. The molecule has 0 bridgehead atoms. The number of alkyl halides is 3. The second kappa shape index (κ2) is 8.16. The third-order valence-electron chi connectivity index (χ3n) is 4.86. The Morgan fingerprint density at radius 1 is 1.37 bits per heavy atom. The highest BCUT2D eigenvalue weighted by Crippen LogP contribution is 2.31. The lowest BCUT2D eigenvalue weighted by molar-refractivity contribution is -0.143. The Balaban J connectivity index is 1.53. The minimum Gasteiger partial charge on any atom is -0.356 e. The molecule has 3 rings (SSSR count). The Bertz CT molecular complexity index is 706. The van der Waals surface area contributed by atoms with E-state index in [0.717, 1.165) is 11.3 Å². The molecule has 1 amide bonds. The van der Waals surface area contributed by atoms with E-state index in [2.05, 4.69) is 20.9 Å². The van der Waals surface area contributed by atoms with Crippen LogP contribution in [0.5, 0.6) is 0 Å². The molecule has 2 aliphatic heterocycles. The number of carbonyl (C=O) groups excluding carboxylic acids is 1. The molecule has 2 aliphatic rings. The maximum absolute atomic E-state index is 12.5. The number of aliphatic imine (C=N–C) groups is 1. The molecule has 1 aromatic rings. The maximum Gasteiger partial charge on any atom is 0.401 e. The van der Waals surface area contributed by atoms with Crippen LogP contribution < -0.4 is 16.0 Å². The maximum atomic E-state index is 12.5. The molecule has 1 fully saturated rings. The van der Waals surface area contributed by atoms with Crippen LogP contribution in [0.25, 0.3) is 0 Å². The van der Waals surface area contributed by atoms with Gasteiger partial charge in [0.1, 0.15) is 0 Å². The molecule has 9 heteroatoms. The molecular weight excluding hydrogens is 359 g/mol. The first-order chi connectivity index (χ1) is 12.8. The van der Waals surface area contributed by atoms with Crippen molar-refractivity contribution in [2.24, 2.45) is 4.99 Å². The van der Waals surface area contributed by atoms with Crippen LogP contribution in [0, 0.1) is 0 Å². The fourth-order valence-electron chi connectivity index (χ4n) is 3.64. The van der Waals surface area contributed by atoms with Crippen LogP contribution in [0.4, 0.5) is 18.9 Å². The first kappa shape index (κ1) is 19.5. The number of benzene rings is 1. The van der Waals surface area contributed by atoms with Gasteiger partial charge in [0.25, 0.3) is 0 Å². The number of likely N-dealkylation sites (tertiary alicyclic amines) is 1. The molecule has 2 heterocycles. The summed E-state index contributed by atoms with van der Waals surface area (Å²) in [5.74, 6) is 0.526. The van der Waals surface area contributed by atoms with E-state index >= 15 is 0 Å². The standard InChI is InChI=1S/C18H24F3N5O/c1-22-17(24-13-6-7-26(10-13)11-18(19,20)21)23-9-12-8-16(27)25-15-5-3-2-4-14(12)15/h2-5,12-13H,6-11H2,1H3,(H,25,27)(H2,22,23,24). The summed E-state index contributed by atoms with van der Waals surface area (Å²) in [6.07, 6.45) is -3.17. The third kappa shape index (κ3) is 5.35.